The van der Waals surface area contributed by atoms with Crippen molar-refractivity contribution in [2.24, 2.45) is 0 Å². The van der Waals surface area contributed by atoms with Crippen LogP contribution in [-0.2, 0) is 16.0 Å². The van der Waals surface area contributed by atoms with Gasteiger partial charge in [-0.2, -0.15) is 0 Å². The van der Waals surface area contributed by atoms with Crippen LogP contribution in [-0.4, -0.2) is 30.1 Å². The van der Waals surface area contributed by atoms with Crippen LogP contribution in [0.25, 0.3) is 10.9 Å². The summed E-state index contributed by atoms with van der Waals surface area (Å²) in [6.45, 7) is 5.52. The summed E-state index contributed by atoms with van der Waals surface area (Å²) in [6, 6.07) is 8.08. The van der Waals surface area contributed by atoms with Crippen LogP contribution in [0.2, 0.25) is 0 Å². The highest BCUT2D eigenvalue weighted by Crippen LogP contribution is 2.20. The first-order chi connectivity index (χ1) is 12.5. The molecule has 1 unspecified atom stereocenters. The topological polar surface area (TPSA) is 71.2 Å². The molecule has 26 heavy (non-hydrogen) atoms. The zero-order chi connectivity index (χ0) is 18.5. The van der Waals surface area contributed by atoms with E-state index in [4.69, 9.17) is 4.74 Å². The normalized spacial score (nSPS) is 17.6. The molecule has 1 fully saturated rings. The number of pyridine rings is 1. The average Bonchev–Trinajstić information content (AvgIpc) is 2.62. The van der Waals surface area contributed by atoms with Crippen LogP contribution < -0.4 is 10.9 Å². The summed E-state index contributed by atoms with van der Waals surface area (Å²) in [5.41, 5.74) is 2.71. The van der Waals surface area contributed by atoms with Crippen LogP contribution in [0.4, 0.5) is 0 Å². The number of ether oxygens (including phenoxy) is 1. The number of aromatic amines is 1. The maximum Gasteiger partial charge on any atom is 0.251 e. The van der Waals surface area contributed by atoms with Gasteiger partial charge in [-0.25, -0.2) is 0 Å². The van der Waals surface area contributed by atoms with Gasteiger partial charge in [-0.3, -0.25) is 9.59 Å². The SMILES string of the molecule is CC(C)c1ccc2[nH]c(=O)c(CCNC(=O)CC3CCCCO3)cc2c1. The molecule has 3 rings (SSSR count). The van der Waals surface area contributed by atoms with Crippen molar-refractivity contribution < 1.29 is 9.53 Å². The van der Waals surface area contributed by atoms with Gasteiger partial charge in [0.25, 0.3) is 5.56 Å². The Hall–Kier alpha value is -2.14. The molecule has 0 bridgehead atoms. The molecular weight excluding hydrogens is 328 g/mol. The third-order valence-electron chi connectivity index (χ3n) is 5.02. The van der Waals surface area contributed by atoms with Crippen molar-refractivity contribution >= 4 is 16.8 Å². The maximum atomic E-state index is 12.3. The van der Waals surface area contributed by atoms with E-state index in [2.05, 4.69) is 36.3 Å². The standard InChI is InChI=1S/C21H28N2O3/c1-14(2)15-6-7-19-17(11-15)12-16(21(25)23-19)8-9-22-20(24)13-18-5-3-4-10-26-18/h6-7,11-12,14,18H,3-5,8-10,13H2,1-2H3,(H,22,24)(H,23,25). The first-order valence-corrected chi connectivity index (χ1v) is 9.57. The molecule has 5 nitrogen and oxygen atoms in total. The van der Waals surface area contributed by atoms with E-state index in [0.29, 0.717) is 30.9 Å². The van der Waals surface area contributed by atoms with E-state index in [9.17, 15) is 9.59 Å². The Labute approximate surface area is 154 Å². The van der Waals surface area contributed by atoms with Gasteiger partial charge < -0.3 is 15.0 Å². The lowest BCUT2D eigenvalue weighted by Gasteiger charge is -2.21. The molecule has 1 aliphatic heterocycles. The van der Waals surface area contributed by atoms with Crippen molar-refractivity contribution in [2.75, 3.05) is 13.2 Å². The van der Waals surface area contributed by atoms with E-state index >= 15 is 0 Å². The predicted molar refractivity (Wildman–Crippen MR) is 104 cm³/mol. The Kier molecular flexibility index (Phi) is 6.09. The largest absolute Gasteiger partial charge is 0.378 e. The maximum absolute atomic E-state index is 12.3. The van der Waals surface area contributed by atoms with Gasteiger partial charge in [0.2, 0.25) is 5.91 Å². The van der Waals surface area contributed by atoms with Gasteiger partial charge in [0, 0.05) is 24.2 Å². The fourth-order valence-corrected chi connectivity index (χ4v) is 3.40. The number of hydrogen-bond acceptors (Lipinski definition) is 3. The van der Waals surface area contributed by atoms with Gasteiger partial charge in [0.05, 0.1) is 12.5 Å². The summed E-state index contributed by atoms with van der Waals surface area (Å²) < 4.78 is 5.60. The molecule has 5 heteroatoms. The van der Waals surface area contributed by atoms with E-state index < -0.39 is 0 Å². The number of nitrogens with one attached hydrogen (secondary N) is 2. The molecule has 0 spiro atoms. The van der Waals surface area contributed by atoms with E-state index in [1.54, 1.807) is 0 Å². The molecular formula is C21H28N2O3. The fraction of sp³-hybridized carbons (Fsp3) is 0.524. The number of carbonyl (C=O) groups excluding carboxylic acids is 1. The van der Waals surface area contributed by atoms with Crippen molar-refractivity contribution in [3.05, 3.63) is 45.7 Å². The lowest BCUT2D eigenvalue weighted by atomic mass is 10.0. The molecule has 2 heterocycles. The number of rotatable bonds is 6. The number of H-pyrrole nitrogens is 1. The Morgan fingerprint density at radius 3 is 2.88 bits per heavy atom. The molecule has 1 saturated heterocycles. The van der Waals surface area contributed by atoms with E-state index in [1.807, 2.05) is 12.1 Å². The third kappa shape index (κ3) is 4.73. The lowest BCUT2D eigenvalue weighted by molar-refractivity contribution is -0.124. The zero-order valence-corrected chi connectivity index (χ0v) is 15.6. The highest BCUT2D eigenvalue weighted by Gasteiger charge is 2.17. The minimum absolute atomic E-state index is 0.00351. The van der Waals surface area contributed by atoms with Crippen molar-refractivity contribution in [1.82, 2.24) is 10.3 Å². The second-order valence-electron chi connectivity index (χ2n) is 7.42. The monoisotopic (exact) mass is 356 g/mol. The molecule has 0 radical (unpaired) electrons. The number of benzene rings is 1. The fourth-order valence-electron chi connectivity index (χ4n) is 3.40. The van der Waals surface area contributed by atoms with Crippen LogP contribution in [0.5, 0.6) is 0 Å². The van der Waals surface area contributed by atoms with Gasteiger partial charge in [0.1, 0.15) is 0 Å². The summed E-state index contributed by atoms with van der Waals surface area (Å²) in [7, 11) is 0. The Morgan fingerprint density at radius 1 is 1.31 bits per heavy atom. The van der Waals surface area contributed by atoms with E-state index in [0.717, 1.165) is 36.8 Å². The number of aromatic nitrogens is 1. The Balaban J connectivity index is 1.60. The highest BCUT2D eigenvalue weighted by molar-refractivity contribution is 5.80. The summed E-state index contributed by atoms with van der Waals surface area (Å²) >= 11 is 0. The average molecular weight is 356 g/mol. The molecule has 2 N–H and O–H groups in total. The van der Waals surface area contributed by atoms with Crippen LogP contribution >= 0.6 is 0 Å². The highest BCUT2D eigenvalue weighted by atomic mass is 16.5. The molecule has 1 aromatic carbocycles. The quantitative estimate of drug-likeness (QED) is 0.834. The van der Waals surface area contributed by atoms with Gasteiger partial charge in [0.15, 0.2) is 0 Å². The van der Waals surface area contributed by atoms with Crippen LogP contribution in [0.1, 0.15) is 56.6 Å². The molecule has 1 aliphatic rings. The summed E-state index contributed by atoms with van der Waals surface area (Å²) in [6.07, 6.45) is 4.14. The van der Waals surface area contributed by atoms with Crippen molar-refractivity contribution in [3.8, 4) is 0 Å². The van der Waals surface area contributed by atoms with Crippen molar-refractivity contribution in [3.63, 3.8) is 0 Å². The minimum Gasteiger partial charge on any atom is -0.378 e. The number of fused-ring (bicyclic) bond motifs is 1. The molecule has 1 amide bonds. The van der Waals surface area contributed by atoms with E-state index in [-0.39, 0.29) is 17.6 Å². The number of amides is 1. The number of hydrogen-bond donors (Lipinski definition) is 2. The van der Waals surface area contributed by atoms with E-state index in [1.165, 1.54) is 5.56 Å². The zero-order valence-electron chi connectivity index (χ0n) is 15.6. The Bertz CT molecular complexity index is 820. The van der Waals surface area contributed by atoms with Gasteiger partial charge in [-0.1, -0.05) is 19.9 Å². The summed E-state index contributed by atoms with van der Waals surface area (Å²) in [4.78, 5) is 27.2. The molecule has 1 aromatic heterocycles. The third-order valence-corrected chi connectivity index (χ3v) is 5.02. The Morgan fingerprint density at radius 2 is 2.15 bits per heavy atom. The molecule has 1 atom stereocenters. The van der Waals surface area contributed by atoms with Crippen LogP contribution in [0.3, 0.4) is 0 Å². The van der Waals surface area contributed by atoms with Crippen molar-refractivity contribution in [2.45, 2.75) is 58.0 Å². The predicted octanol–water partition coefficient (Wildman–Crippen LogP) is 3.27. The van der Waals surface area contributed by atoms with Crippen molar-refractivity contribution in [1.29, 1.82) is 0 Å². The van der Waals surface area contributed by atoms with Gasteiger partial charge in [-0.15, -0.1) is 0 Å². The van der Waals surface area contributed by atoms with Crippen LogP contribution in [0.15, 0.2) is 29.1 Å². The van der Waals surface area contributed by atoms with Crippen LogP contribution in [0, 0.1) is 0 Å². The first kappa shape index (κ1) is 18.6. The summed E-state index contributed by atoms with van der Waals surface area (Å²) in [5, 5.41) is 3.95. The molecule has 140 valence electrons. The summed E-state index contributed by atoms with van der Waals surface area (Å²) in [5.74, 6) is 0.437. The second kappa shape index (κ2) is 8.49. The van der Waals surface area contributed by atoms with Gasteiger partial charge in [-0.05, 0) is 60.7 Å². The smallest absolute Gasteiger partial charge is 0.251 e. The second-order valence-corrected chi connectivity index (χ2v) is 7.42. The minimum atomic E-state index is -0.0836. The lowest BCUT2D eigenvalue weighted by Crippen LogP contribution is -2.32. The molecule has 0 saturated carbocycles. The van der Waals surface area contributed by atoms with Gasteiger partial charge >= 0.3 is 0 Å². The number of carbonyl (C=O) groups is 1. The molecule has 0 aliphatic carbocycles. The first-order valence-electron chi connectivity index (χ1n) is 9.57. The molecule has 2 aromatic rings.